The molecule has 0 aromatic carbocycles. The van der Waals surface area contributed by atoms with E-state index in [4.69, 9.17) is 0 Å². The molecule has 17 heavy (non-hydrogen) atoms. The quantitative estimate of drug-likeness (QED) is 0.797. The summed E-state index contributed by atoms with van der Waals surface area (Å²) in [7, 11) is 0. The molecule has 0 saturated carbocycles. The van der Waals surface area contributed by atoms with E-state index in [1.54, 1.807) is 0 Å². The van der Waals surface area contributed by atoms with Gasteiger partial charge in [0.2, 0.25) is 0 Å². The SMILES string of the molecule is Cc1ncn(C(C)CCCNC(C)(C)C)c1C. The second-order valence-electron chi connectivity index (χ2n) is 5.99. The molecule has 0 spiro atoms. The first-order valence-corrected chi connectivity index (χ1v) is 6.56. The van der Waals surface area contributed by atoms with E-state index in [0.29, 0.717) is 6.04 Å². The lowest BCUT2D eigenvalue weighted by Gasteiger charge is -2.21. The first-order valence-electron chi connectivity index (χ1n) is 6.56. The summed E-state index contributed by atoms with van der Waals surface area (Å²) in [5.74, 6) is 0. The van der Waals surface area contributed by atoms with Crippen LogP contribution in [0, 0.1) is 13.8 Å². The molecular formula is C14H27N3. The summed E-state index contributed by atoms with van der Waals surface area (Å²) >= 11 is 0. The first-order chi connectivity index (χ1) is 7.81. The van der Waals surface area contributed by atoms with Crippen LogP contribution in [0.1, 0.15) is 58.0 Å². The maximum atomic E-state index is 4.35. The Balaban J connectivity index is 2.35. The molecule has 1 atom stereocenters. The molecule has 98 valence electrons. The van der Waals surface area contributed by atoms with E-state index < -0.39 is 0 Å². The molecule has 1 aromatic heterocycles. The summed E-state index contributed by atoms with van der Waals surface area (Å²) in [6.45, 7) is 14.2. The minimum atomic E-state index is 0.227. The lowest BCUT2D eigenvalue weighted by Crippen LogP contribution is -2.36. The van der Waals surface area contributed by atoms with E-state index in [-0.39, 0.29) is 5.54 Å². The van der Waals surface area contributed by atoms with Gasteiger partial charge < -0.3 is 9.88 Å². The molecule has 0 aliphatic carbocycles. The first kappa shape index (κ1) is 14.2. The number of nitrogens with zero attached hydrogens (tertiary/aromatic N) is 2. The van der Waals surface area contributed by atoms with E-state index in [9.17, 15) is 0 Å². The van der Waals surface area contributed by atoms with Crippen molar-refractivity contribution >= 4 is 0 Å². The van der Waals surface area contributed by atoms with Crippen LogP contribution in [0.2, 0.25) is 0 Å². The highest BCUT2D eigenvalue weighted by Gasteiger charge is 2.11. The van der Waals surface area contributed by atoms with Gasteiger partial charge in [0.15, 0.2) is 0 Å². The molecule has 0 aliphatic heterocycles. The summed E-state index contributed by atoms with van der Waals surface area (Å²) in [5.41, 5.74) is 2.66. The largest absolute Gasteiger partial charge is 0.332 e. The fourth-order valence-electron chi connectivity index (χ4n) is 1.96. The molecule has 1 aromatic rings. The summed E-state index contributed by atoms with van der Waals surface area (Å²) in [5, 5.41) is 3.52. The number of aromatic nitrogens is 2. The molecular weight excluding hydrogens is 210 g/mol. The standard InChI is InChI=1S/C14H27N3/c1-11(8-7-9-16-14(4,5)6)17-10-15-12(2)13(17)3/h10-11,16H,7-9H2,1-6H3. The lowest BCUT2D eigenvalue weighted by atomic mass is 10.1. The van der Waals surface area contributed by atoms with E-state index in [0.717, 1.165) is 12.2 Å². The van der Waals surface area contributed by atoms with Gasteiger partial charge in [-0.15, -0.1) is 0 Å². The topological polar surface area (TPSA) is 29.9 Å². The van der Waals surface area contributed by atoms with Crippen LogP contribution in [-0.4, -0.2) is 21.6 Å². The van der Waals surface area contributed by atoms with Gasteiger partial charge in [-0.3, -0.25) is 0 Å². The Bertz CT molecular complexity index is 347. The molecule has 0 fully saturated rings. The van der Waals surface area contributed by atoms with Gasteiger partial charge in [-0.2, -0.15) is 0 Å². The van der Waals surface area contributed by atoms with Gasteiger partial charge in [0.05, 0.1) is 12.0 Å². The van der Waals surface area contributed by atoms with Crippen molar-refractivity contribution in [1.82, 2.24) is 14.9 Å². The fourth-order valence-corrected chi connectivity index (χ4v) is 1.96. The van der Waals surface area contributed by atoms with E-state index >= 15 is 0 Å². The Morgan fingerprint density at radius 2 is 2.00 bits per heavy atom. The van der Waals surface area contributed by atoms with Crippen molar-refractivity contribution in [3.05, 3.63) is 17.7 Å². The number of nitrogens with one attached hydrogen (secondary N) is 1. The predicted molar refractivity (Wildman–Crippen MR) is 73.4 cm³/mol. The van der Waals surface area contributed by atoms with Gasteiger partial charge in [0.1, 0.15) is 0 Å². The molecule has 0 bridgehead atoms. The average Bonchev–Trinajstić information content (AvgIpc) is 2.53. The zero-order valence-corrected chi connectivity index (χ0v) is 12.2. The van der Waals surface area contributed by atoms with Gasteiger partial charge in [-0.1, -0.05) is 0 Å². The second-order valence-corrected chi connectivity index (χ2v) is 5.99. The molecule has 1 heterocycles. The van der Waals surface area contributed by atoms with Crippen molar-refractivity contribution in [2.75, 3.05) is 6.54 Å². The summed E-state index contributed by atoms with van der Waals surface area (Å²) < 4.78 is 2.28. The van der Waals surface area contributed by atoms with Gasteiger partial charge in [0, 0.05) is 17.3 Å². The maximum Gasteiger partial charge on any atom is 0.0953 e. The molecule has 3 nitrogen and oxygen atoms in total. The molecule has 1 rings (SSSR count). The minimum absolute atomic E-state index is 0.227. The summed E-state index contributed by atoms with van der Waals surface area (Å²) in [6, 6.07) is 0.540. The van der Waals surface area contributed by atoms with Crippen molar-refractivity contribution in [2.24, 2.45) is 0 Å². The highest BCUT2D eigenvalue weighted by molar-refractivity contribution is 5.09. The number of aryl methyl sites for hydroxylation is 1. The molecule has 0 radical (unpaired) electrons. The lowest BCUT2D eigenvalue weighted by molar-refractivity contribution is 0.398. The number of hydrogen-bond donors (Lipinski definition) is 1. The molecule has 0 amide bonds. The van der Waals surface area contributed by atoms with Gasteiger partial charge in [-0.05, 0) is 60.9 Å². The van der Waals surface area contributed by atoms with Crippen LogP contribution >= 0.6 is 0 Å². The second kappa shape index (κ2) is 5.67. The van der Waals surface area contributed by atoms with E-state index in [1.165, 1.54) is 18.5 Å². The van der Waals surface area contributed by atoms with Crippen LogP contribution in [-0.2, 0) is 0 Å². The average molecular weight is 237 g/mol. The van der Waals surface area contributed by atoms with Crippen LogP contribution in [0.5, 0.6) is 0 Å². The molecule has 1 N–H and O–H groups in total. The molecule has 0 aliphatic rings. The van der Waals surface area contributed by atoms with E-state index in [1.807, 2.05) is 6.33 Å². The third-order valence-corrected chi connectivity index (χ3v) is 3.22. The molecule has 0 saturated heterocycles. The van der Waals surface area contributed by atoms with Gasteiger partial charge in [0.25, 0.3) is 0 Å². The van der Waals surface area contributed by atoms with E-state index in [2.05, 4.69) is 56.4 Å². The third kappa shape index (κ3) is 4.50. The molecule has 3 heteroatoms. The van der Waals surface area contributed by atoms with Gasteiger partial charge >= 0.3 is 0 Å². The predicted octanol–water partition coefficient (Wildman–Crippen LogP) is 3.23. The smallest absolute Gasteiger partial charge is 0.0953 e. The molecule has 1 unspecified atom stereocenters. The zero-order valence-electron chi connectivity index (χ0n) is 12.2. The number of rotatable bonds is 5. The van der Waals surface area contributed by atoms with Crippen molar-refractivity contribution in [1.29, 1.82) is 0 Å². The van der Waals surface area contributed by atoms with Crippen LogP contribution in [0.3, 0.4) is 0 Å². The Morgan fingerprint density at radius 1 is 1.35 bits per heavy atom. The van der Waals surface area contributed by atoms with Crippen molar-refractivity contribution in [3.8, 4) is 0 Å². The van der Waals surface area contributed by atoms with Crippen molar-refractivity contribution < 1.29 is 0 Å². The van der Waals surface area contributed by atoms with Crippen molar-refractivity contribution in [3.63, 3.8) is 0 Å². The van der Waals surface area contributed by atoms with Crippen LogP contribution < -0.4 is 5.32 Å². The van der Waals surface area contributed by atoms with Crippen molar-refractivity contribution in [2.45, 2.75) is 66.0 Å². The fraction of sp³-hybridized carbons (Fsp3) is 0.786. The monoisotopic (exact) mass is 237 g/mol. The third-order valence-electron chi connectivity index (χ3n) is 3.22. The maximum absolute atomic E-state index is 4.35. The number of hydrogen-bond acceptors (Lipinski definition) is 2. The normalized spacial score (nSPS) is 14.0. The number of imidazole rings is 1. The Morgan fingerprint density at radius 3 is 2.47 bits per heavy atom. The van der Waals surface area contributed by atoms with Gasteiger partial charge in [-0.25, -0.2) is 4.98 Å². The van der Waals surface area contributed by atoms with Crippen LogP contribution in [0.25, 0.3) is 0 Å². The van der Waals surface area contributed by atoms with Crippen LogP contribution in [0.4, 0.5) is 0 Å². The summed E-state index contributed by atoms with van der Waals surface area (Å²) in [4.78, 5) is 4.35. The highest BCUT2D eigenvalue weighted by Crippen LogP contribution is 2.17. The minimum Gasteiger partial charge on any atom is -0.332 e. The summed E-state index contributed by atoms with van der Waals surface area (Å²) in [6.07, 6.45) is 4.36. The van der Waals surface area contributed by atoms with Crippen LogP contribution in [0.15, 0.2) is 6.33 Å². The Labute approximate surface area is 106 Å². The Kier molecular flexibility index (Phi) is 4.75. The highest BCUT2D eigenvalue weighted by atomic mass is 15.1. The Hall–Kier alpha value is -0.830. The zero-order chi connectivity index (χ0) is 13.1.